The number of pyridine rings is 6. The van der Waals surface area contributed by atoms with E-state index in [9.17, 15) is 14.4 Å². The Bertz CT molecular complexity index is 4880. The molecule has 0 saturated carbocycles. The van der Waals surface area contributed by atoms with Crippen molar-refractivity contribution in [3.05, 3.63) is 245 Å². The van der Waals surface area contributed by atoms with Crippen LogP contribution in [0.25, 0.3) is 66.5 Å². The second-order valence-corrected chi connectivity index (χ2v) is 27.4. The van der Waals surface area contributed by atoms with Crippen LogP contribution in [0.15, 0.2) is 179 Å². The number of morpholine rings is 3. The zero-order chi connectivity index (χ0) is 69.5. The normalized spacial score (nSPS) is 14.7. The Morgan fingerprint density at radius 1 is 0.406 bits per heavy atom. The lowest BCUT2D eigenvalue weighted by atomic mass is 10.1. The molecule has 3 aliphatic rings. The molecule has 12 aromatic rings. The summed E-state index contributed by atoms with van der Waals surface area (Å²) >= 11 is 18.4. The number of nitrogens with zero attached hydrogens (tertiary/aromatic N) is 12. The number of hydrogen-bond donors (Lipinski definition) is 0. The summed E-state index contributed by atoms with van der Waals surface area (Å²) in [4.78, 5) is 63.3. The third kappa shape index (κ3) is 14.1. The molecule has 3 aromatic carbocycles. The topological polar surface area (TPSA) is 202 Å². The molecule has 0 aliphatic carbocycles. The van der Waals surface area contributed by atoms with Crippen molar-refractivity contribution in [3.8, 4) is 33.4 Å². The van der Waals surface area contributed by atoms with Gasteiger partial charge >= 0.3 is 7.82 Å². The van der Waals surface area contributed by atoms with E-state index in [0.29, 0.717) is 145 Å². The number of rotatable bonds is 21. The van der Waals surface area contributed by atoms with Gasteiger partial charge in [0.25, 0.3) is 16.7 Å². The quantitative estimate of drug-likeness (QED) is 0.0614. The van der Waals surface area contributed by atoms with E-state index >= 15 is 17.7 Å². The Hall–Kier alpha value is -9.37. The van der Waals surface area contributed by atoms with Crippen LogP contribution in [-0.4, -0.2) is 121 Å². The standard InChI is InChI=1S/C72H63Cl3F3N12O10P/c73-61-7-1-4-49(67(61)76)37-85-13-10-46(28-64(85)91)58-40-88(70-55(58)31-52(34-79-70)82-16-22-95-23-17-82)43-98-101(94,99-44-89-41-59(56-32-53(35-80-71(56)89)83-18-24-96-25-19-83)47-11-14-86(65(92)29-47)38-50-5-2-8-62(74)68(50)77)100-45-90-42-60(57-33-54(36-81-72(57)90)84-20-26-97-27-21-84)48-12-15-87(66(93)30-48)39-51-6-3-9-63(75)69(51)78/h1-15,28-36,40-42H,16-27,37-39,43-45H2. The Kier molecular flexibility index (Phi) is 19.3. The van der Waals surface area contributed by atoms with E-state index in [2.05, 4.69) is 14.7 Å². The summed E-state index contributed by atoms with van der Waals surface area (Å²) in [6.07, 6.45) is 15.1. The molecule has 3 aliphatic heterocycles. The van der Waals surface area contributed by atoms with Crippen LogP contribution in [0.2, 0.25) is 15.1 Å². The van der Waals surface area contributed by atoms with Gasteiger partial charge in [-0.2, -0.15) is 0 Å². The fraction of sp³-hybridized carbons (Fsp3) is 0.250. The highest BCUT2D eigenvalue weighted by Gasteiger charge is 2.31. The van der Waals surface area contributed by atoms with Crippen molar-refractivity contribution < 1.29 is 45.5 Å². The van der Waals surface area contributed by atoms with Crippen LogP contribution >= 0.6 is 42.6 Å². The van der Waals surface area contributed by atoms with Crippen LogP contribution in [0, 0.1) is 17.5 Å². The van der Waals surface area contributed by atoms with Gasteiger partial charge in [0.1, 0.15) is 54.6 Å². The van der Waals surface area contributed by atoms with Gasteiger partial charge in [-0.1, -0.05) is 71.2 Å². The van der Waals surface area contributed by atoms with Gasteiger partial charge < -0.3 is 56.3 Å². The lowest BCUT2D eigenvalue weighted by Crippen LogP contribution is -2.36. The minimum absolute atomic E-state index is 0.0655. The average Bonchev–Trinajstić information content (AvgIpc) is 1.64. The van der Waals surface area contributed by atoms with Gasteiger partial charge in [-0.25, -0.2) is 32.7 Å². The maximum absolute atomic E-state index is 16.1. The monoisotopic (exact) mass is 1450 g/mol. The molecule has 0 amide bonds. The van der Waals surface area contributed by atoms with E-state index < -0.39 is 62.1 Å². The van der Waals surface area contributed by atoms with E-state index in [1.54, 1.807) is 124 Å². The molecule has 0 atom stereocenters. The van der Waals surface area contributed by atoms with Gasteiger partial charge in [-0.3, -0.25) is 28.0 Å². The molecule has 518 valence electrons. The Morgan fingerprint density at radius 3 is 0.970 bits per heavy atom. The third-order valence-corrected chi connectivity index (χ3v) is 20.5. The number of ether oxygens (including phenoxy) is 3. The first-order chi connectivity index (χ1) is 49.1. The van der Waals surface area contributed by atoms with Crippen molar-refractivity contribution in [1.82, 2.24) is 42.4 Å². The van der Waals surface area contributed by atoms with E-state index in [4.69, 9.17) is 77.5 Å². The summed E-state index contributed by atoms with van der Waals surface area (Å²) in [7, 11) is -4.89. The number of anilines is 3. The van der Waals surface area contributed by atoms with Crippen LogP contribution < -0.4 is 31.4 Å². The molecule has 0 N–H and O–H groups in total. The smallest absolute Gasteiger partial charge is 0.378 e. The van der Waals surface area contributed by atoms with Crippen LogP contribution in [0.4, 0.5) is 30.2 Å². The van der Waals surface area contributed by atoms with Crippen molar-refractivity contribution in [1.29, 1.82) is 0 Å². The van der Waals surface area contributed by atoms with Crippen LogP contribution in [-0.2, 0) is 72.2 Å². The third-order valence-electron chi connectivity index (χ3n) is 18.3. The minimum Gasteiger partial charge on any atom is -0.378 e. The fourth-order valence-electron chi connectivity index (χ4n) is 12.9. The average molecular weight is 1450 g/mol. The van der Waals surface area contributed by atoms with Gasteiger partial charge in [-0.05, 0) is 71.3 Å². The lowest BCUT2D eigenvalue weighted by Gasteiger charge is -2.28. The molecular formula is C72H63Cl3F3N12O10P. The lowest BCUT2D eigenvalue weighted by molar-refractivity contribution is 0.0564. The summed E-state index contributed by atoms with van der Waals surface area (Å²) in [6.45, 7) is 4.88. The largest absolute Gasteiger partial charge is 0.480 e. The Balaban J connectivity index is 0.807. The maximum Gasteiger partial charge on any atom is 0.480 e. The highest BCUT2D eigenvalue weighted by molar-refractivity contribution is 7.48. The Morgan fingerprint density at radius 2 is 0.693 bits per heavy atom. The van der Waals surface area contributed by atoms with Crippen molar-refractivity contribution in [3.63, 3.8) is 0 Å². The van der Waals surface area contributed by atoms with Crippen LogP contribution in [0.5, 0.6) is 0 Å². The van der Waals surface area contributed by atoms with Crippen molar-refractivity contribution in [2.24, 2.45) is 0 Å². The van der Waals surface area contributed by atoms with Crippen molar-refractivity contribution in [2.75, 3.05) is 93.6 Å². The molecule has 0 bridgehead atoms. The molecule has 29 heteroatoms. The minimum atomic E-state index is -4.89. The number of benzene rings is 3. The van der Waals surface area contributed by atoms with E-state index in [0.717, 1.165) is 17.1 Å². The van der Waals surface area contributed by atoms with Crippen LogP contribution in [0.1, 0.15) is 16.7 Å². The maximum atomic E-state index is 16.1. The first-order valence-electron chi connectivity index (χ1n) is 32.5. The molecule has 0 radical (unpaired) electrons. The van der Waals surface area contributed by atoms with Gasteiger partial charge in [0, 0.05) is 144 Å². The first-order valence-corrected chi connectivity index (χ1v) is 35.1. The van der Waals surface area contributed by atoms with Gasteiger partial charge in [0.05, 0.1) is 110 Å². The highest BCUT2D eigenvalue weighted by atomic mass is 35.5. The van der Waals surface area contributed by atoms with Gasteiger partial charge in [-0.15, -0.1) is 0 Å². The molecule has 0 spiro atoms. The molecule has 15 rings (SSSR count). The molecule has 22 nitrogen and oxygen atoms in total. The van der Waals surface area contributed by atoms with Gasteiger partial charge in [0.2, 0.25) is 0 Å². The predicted octanol–water partition coefficient (Wildman–Crippen LogP) is 12.7. The number of fused-ring (bicyclic) bond motifs is 3. The molecular weight excluding hydrogens is 1390 g/mol. The summed E-state index contributed by atoms with van der Waals surface area (Å²) in [5, 5.41) is 1.65. The molecule has 3 fully saturated rings. The predicted molar refractivity (Wildman–Crippen MR) is 380 cm³/mol. The second-order valence-electron chi connectivity index (χ2n) is 24.5. The molecule has 9 aromatic heterocycles. The number of halogens is 6. The number of phosphoric ester groups is 1. The first kappa shape index (κ1) is 67.5. The van der Waals surface area contributed by atoms with Crippen molar-refractivity contribution >= 4 is 92.8 Å². The number of aromatic nitrogens is 9. The van der Waals surface area contributed by atoms with Gasteiger partial charge in [0.15, 0.2) is 0 Å². The second kappa shape index (κ2) is 28.9. The Labute approximate surface area is 589 Å². The highest BCUT2D eigenvalue weighted by Crippen LogP contribution is 2.52. The molecule has 12 heterocycles. The molecule has 3 saturated heterocycles. The van der Waals surface area contributed by atoms with E-state index in [-0.39, 0.29) is 51.4 Å². The van der Waals surface area contributed by atoms with E-state index in [1.807, 2.05) is 18.2 Å². The summed E-state index contributed by atoms with van der Waals surface area (Å²) < 4.78 is 107. The van der Waals surface area contributed by atoms with Crippen molar-refractivity contribution in [2.45, 2.75) is 39.8 Å². The zero-order valence-corrected chi connectivity index (χ0v) is 57.1. The SMILES string of the molecule is O=c1cc(-c2cn(COP(=O)(OCn3cc(-c4ccn(Cc5cccc(Cl)c5F)c(=O)c4)c4cc(N5CCOCC5)cnc43)OCn3cc(-c4ccn(Cc5cccc(Cl)c5F)c(=O)c4)c4cc(N5CCOCC5)cnc43)c3ncc(N4CCOCC4)cc23)ccn1Cc1cccc(Cl)c1F. The fourth-order valence-corrected chi connectivity index (χ4v) is 14.5. The number of hydrogen-bond acceptors (Lipinski definition) is 16. The summed E-state index contributed by atoms with van der Waals surface area (Å²) in [5.74, 6) is -1.88. The summed E-state index contributed by atoms with van der Waals surface area (Å²) in [6, 6.07) is 29.3. The number of phosphoric acid groups is 1. The van der Waals surface area contributed by atoms with E-state index in [1.165, 1.54) is 50.1 Å². The molecule has 0 unspecified atom stereocenters. The molecule has 101 heavy (non-hydrogen) atoms. The summed E-state index contributed by atoms with van der Waals surface area (Å²) in [5.41, 5.74) is 6.14. The zero-order valence-electron chi connectivity index (χ0n) is 54.0. The van der Waals surface area contributed by atoms with Crippen LogP contribution in [0.3, 0.4) is 0 Å².